The molecule has 9 nitrogen and oxygen atoms in total. The maximum absolute atomic E-state index is 12.5. The van der Waals surface area contributed by atoms with Crippen molar-refractivity contribution in [3.63, 3.8) is 0 Å². The van der Waals surface area contributed by atoms with E-state index in [-0.39, 0.29) is 24.6 Å². The van der Waals surface area contributed by atoms with Crippen molar-refractivity contribution in [2.75, 3.05) is 32.5 Å². The van der Waals surface area contributed by atoms with Crippen molar-refractivity contribution in [3.8, 4) is 0 Å². The molecule has 11 heteroatoms. The van der Waals surface area contributed by atoms with Crippen LogP contribution in [0.4, 0.5) is 5.69 Å². The fourth-order valence-electron chi connectivity index (χ4n) is 2.70. The zero-order valence-corrected chi connectivity index (χ0v) is 17.8. The van der Waals surface area contributed by atoms with Crippen LogP contribution >= 0.6 is 23.4 Å². The third-order valence-corrected chi connectivity index (χ3v) is 5.64. The minimum atomic E-state index is -0.681. The number of esters is 2. The largest absolute Gasteiger partial charge is 0.466 e. The van der Waals surface area contributed by atoms with Gasteiger partial charge in [-0.2, -0.15) is 0 Å². The minimum absolute atomic E-state index is 0.0245. The summed E-state index contributed by atoms with van der Waals surface area (Å²) in [6.07, 6.45) is 0. The molecule has 0 spiro atoms. The predicted molar refractivity (Wildman–Crippen MR) is 106 cm³/mol. The first-order valence-corrected chi connectivity index (χ1v) is 9.65. The molecule has 154 valence electrons. The van der Waals surface area contributed by atoms with Crippen LogP contribution in [0, 0.1) is 6.92 Å². The van der Waals surface area contributed by atoms with Gasteiger partial charge < -0.3 is 23.7 Å². The molecule has 0 unspecified atom stereocenters. The van der Waals surface area contributed by atoms with Gasteiger partial charge in [-0.1, -0.05) is 11.6 Å². The summed E-state index contributed by atoms with van der Waals surface area (Å²) in [4.78, 5) is 27.0. The van der Waals surface area contributed by atoms with Crippen molar-refractivity contribution >= 4 is 41.0 Å². The molecule has 1 aromatic heterocycles. The Morgan fingerprint density at radius 3 is 2.55 bits per heavy atom. The molecule has 0 radical (unpaired) electrons. The summed E-state index contributed by atoms with van der Waals surface area (Å²) >= 11 is 7.57. The molecule has 0 atom stereocenters. The van der Waals surface area contributed by atoms with E-state index in [0.717, 1.165) is 10.7 Å². The maximum Gasteiger partial charge on any atom is 0.355 e. The zero-order chi connectivity index (χ0) is 21.1. The Morgan fingerprint density at radius 1 is 1.21 bits per heavy atom. The lowest BCUT2D eigenvalue weighted by atomic mass is 10.1. The van der Waals surface area contributed by atoms with Gasteiger partial charge >= 0.3 is 11.9 Å². The summed E-state index contributed by atoms with van der Waals surface area (Å²) in [5, 5.41) is 9.32. The van der Waals surface area contributed by atoms with Crippen LogP contribution in [0.2, 0.25) is 5.02 Å². The van der Waals surface area contributed by atoms with Crippen LogP contribution in [-0.4, -0.2) is 54.3 Å². The lowest BCUT2D eigenvalue weighted by Gasteiger charge is -2.32. The molecule has 2 aromatic rings. The van der Waals surface area contributed by atoms with E-state index in [2.05, 4.69) is 10.2 Å². The molecule has 0 N–H and O–H groups in total. The predicted octanol–water partition coefficient (Wildman–Crippen LogP) is 2.32. The van der Waals surface area contributed by atoms with Crippen LogP contribution in [-0.2, 0) is 30.8 Å². The van der Waals surface area contributed by atoms with Crippen molar-refractivity contribution < 1.29 is 23.8 Å². The number of aryl methyl sites for hydroxylation is 1. The first-order valence-electron chi connectivity index (χ1n) is 8.45. The molecule has 0 saturated heterocycles. The van der Waals surface area contributed by atoms with Gasteiger partial charge in [-0.25, -0.2) is 9.59 Å². The molecule has 29 heavy (non-hydrogen) atoms. The number of benzene rings is 1. The number of methoxy groups -OCH3 is 2. The molecule has 1 aromatic carbocycles. The number of ether oxygens (including phenoxy) is 3. The highest BCUT2D eigenvalue weighted by molar-refractivity contribution is 7.99. The fraction of sp³-hybridized carbons (Fsp3) is 0.333. The topological polar surface area (TPSA) is 95.8 Å². The number of nitrogens with zero attached hydrogens (tertiary/aromatic N) is 4. The van der Waals surface area contributed by atoms with E-state index >= 15 is 0 Å². The summed E-state index contributed by atoms with van der Waals surface area (Å²) in [5.41, 5.74) is 0.671. The summed E-state index contributed by atoms with van der Waals surface area (Å²) in [6, 6.07) is 5.21. The molecule has 1 aliphatic heterocycles. The highest BCUT2D eigenvalue weighted by Gasteiger charge is 2.33. The SMILES string of the molecule is COC(=O)C1=C(C(=O)OC)N(c2cc(Cl)ccc2Sc2nnc(C)n2C)COC1. The molecule has 0 aliphatic carbocycles. The van der Waals surface area contributed by atoms with Crippen LogP contribution in [0.5, 0.6) is 0 Å². The Morgan fingerprint density at radius 2 is 1.93 bits per heavy atom. The zero-order valence-electron chi connectivity index (χ0n) is 16.3. The van der Waals surface area contributed by atoms with Crippen LogP contribution in [0.1, 0.15) is 5.82 Å². The molecule has 0 fully saturated rings. The summed E-state index contributed by atoms with van der Waals surface area (Å²) in [6.45, 7) is 1.80. The quantitative estimate of drug-likeness (QED) is 0.651. The van der Waals surface area contributed by atoms with Gasteiger partial charge in [0.25, 0.3) is 0 Å². The van der Waals surface area contributed by atoms with Gasteiger partial charge in [-0.15, -0.1) is 10.2 Å². The number of hydrogen-bond acceptors (Lipinski definition) is 9. The molecule has 1 aliphatic rings. The van der Waals surface area contributed by atoms with Gasteiger partial charge in [0.15, 0.2) is 5.16 Å². The monoisotopic (exact) mass is 438 g/mol. The van der Waals surface area contributed by atoms with E-state index in [0.29, 0.717) is 15.9 Å². The van der Waals surface area contributed by atoms with Gasteiger partial charge in [-0.05, 0) is 36.9 Å². The molecule has 3 rings (SSSR count). The van der Waals surface area contributed by atoms with Crippen molar-refractivity contribution in [2.45, 2.75) is 17.0 Å². The van der Waals surface area contributed by atoms with Gasteiger partial charge in [0.05, 0.1) is 32.1 Å². The number of aromatic nitrogens is 3. The lowest BCUT2D eigenvalue weighted by molar-refractivity contribution is -0.140. The normalized spacial score (nSPS) is 14.2. The Hall–Kier alpha value is -2.56. The number of hydrogen-bond donors (Lipinski definition) is 0. The number of anilines is 1. The third kappa shape index (κ3) is 4.24. The van der Waals surface area contributed by atoms with Crippen molar-refractivity contribution in [3.05, 3.63) is 40.3 Å². The third-order valence-electron chi connectivity index (χ3n) is 4.30. The van der Waals surface area contributed by atoms with Crippen LogP contribution in [0.25, 0.3) is 0 Å². The molecular formula is C18H19ClN4O5S. The minimum Gasteiger partial charge on any atom is -0.466 e. The van der Waals surface area contributed by atoms with Crippen molar-refractivity contribution in [2.24, 2.45) is 7.05 Å². The summed E-state index contributed by atoms with van der Waals surface area (Å²) in [7, 11) is 4.33. The van der Waals surface area contributed by atoms with Crippen molar-refractivity contribution in [1.29, 1.82) is 0 Å². The smallest absolute Gasteiger partial charge is 0.355 e. The Bertz CT molecular complexity index is 991. The number of rotatable bonds is 5. The molecule has 2 heterocycles. The van der Waals surface area contributed by atoms with Crippen LogP contribution < -0.4 is 4.90 Å². The van der Waals surface area contributed by atoms with Crippen molar-refractivity contribution in [1.82, 2.24) is 14.8 Å². The van der Waals surface area contributed by atoms with E-state index in [1.54, 1.807) is 23.1 Å². The van der Waals surface area contributed by atoms with Gasteiger partial charge in [0.1, 0.15) is 18.3 Å². The molecule has 0 amide bonds. The van der Waals surface area contributed by atoms with E-state index in [1.165, 1.54) is 26.0 Å². The number of carbonyl (C=O) groups excluding carboxylic acids is 2. The van der Waals surface area contributed by atoms with E-state index in [9.17, 15) is 9.59 Å². The summed E-state index contributed by atoms with van der Waals surface area (Å²) in [5.74, 6) is -0.596. The fourth-order valence-corrected chi connectivity index (χ4v) is 3.82. The number of halogens is 1. The Kier molecular flexibility index (Phi) is 6.46. The first kappa shape index (κ1) is 21.2. The average molecular weight is 439 g/mol. The molecule has 0 bridgehead atoms. The maximum atomic E-state index is 12.5. The highest BCUT2D eigenvalue weighted by atomic mass is 35.5. The highest BCUT2D eigenvalue weighted by Crippen LogP contribution is 2.39. The van der Waals surface area contributed by atoms with Gasteiger partial charge in [-0.3, -0.25) is 0 Å². The second-order valence-electron chi connectivity index (χ2n) is 6.02. The second kappa shape index (κ2) is 8.85. The van der Waals surface area contributed by atoms with Gasteiger partial charge in [0.2, 0.25) is 0 Å². The molecular weight excluding hydrogens is 420 g/mol. The first-order chi connectivity index (χ1) is 13.9. The Balaban J connectivity index is 2.12. The Labute approximate surface area is 176 Å². The van der Waals surface area contributed by atoms with E-state index < -0.39 is 11.9 Å². The van der Waals surface area contributed by atoms with Gasteiger partial charge in [0, 0.05) is 17.0 Å². The van der Waals surface area contributed by atoms with E-state index in [1.807, 2.05) is 18.5 Å². The average Bonchev–Trinajstić information content (AvgIpc) is 3.05. The van der Waals surface area contributed by atoms with Crippen LogP contribution in [0.15, 0.2) is 39.5 Å². The molecule has 0 saturated carbocycles. The summed E-state index contributed by atoms with van der Waals surface area (Å²) < 4.78 is 17.1. The number of carbonyl (C=O) groups is 2. The van der Waals surface area contributed by atoms with Crippen LogP contribution in [0.3, 0.4) is 0 Å². The standard InChI is InChI=1S/C18H19ClN4O5S/c1-10-20-21-18(22(10)2)29-14-6-5-11(19)7-13(14)23-9-28-8-12(16(24)26-3)15(23)17(25)27-4/h5-7H,8-9H2,1-4H3. The van der Waals surface area contributed by atoms with E-state index in [4.69, 9.17) is 25.8 Å². The lowest BCUT2D eigenvalue weighted by Crippen LogP contribution is -2.39. The second-order valence-corrected chi connectivity index (χ2v) is 7.46.